The number of carbonyl (C=O) groups excluding carboxylic acids is 1. The molecule has 0 atom stereocenters. The highest BCUT2D eigenvalue weighted by atomic mass is 16.5. The topological polar surface area (TPSA) is 48.3 Å². The zero-order valence-electron chi connectivity index (χ0n) is 9.24. The minimum absolute atomic E-state index is 0.0712. The Kier molecular flexibility index (Phi) is 3.66. The molecule has 0 aromatic carbocycles. The van der Waals surface area contributed by atoms with E-state index in [4.69, 9.17) is 4.74 Å². The molecule has 0 saturated heterocycles. The maximum absolute atomic E-state index is 11.7. The number of aromatic nitrogens is 1. The van der Waals surface area contributed by atoms with Crippen molar-refractivity contribution in [2.45, 2.75) is 27.3 Å². The third-order valence-corrected chi connectivity index (χ3v) is 2.10. The quantitative estimate of drug-likeness (QED) is 0.705. The molecule has 0 saturated carbocycles. The molecule has 15 heavy (non-hydrogen) atoms. The van der Waals surface area contributed by atoms with Crippen LogP contribution in [0.5, 0.6) is 5.75 Å². The van der Waals surface area contributed by atoms with Gasteiger partial charge in [-0.2, -0.15) is 0 Å². The molecule has 1 rings (SSSR count). The standard InChI is InChI=1S/C11H15NO3/c1-4-12-7-9(8(3)13)6-10(11(12)14)15-5-2/h6-7H,4-5H2,1-3H3. The van der Waals surface area contributed by atoms with Gasteiger partial charge in [0.1, 0.15) is 0 Å². The fraction of sp³-hybridized carbons (Fsp3) is 0.455. The number of carbonyl (C=O) groups is 1. The van der Waals surface area contributed by atoms with Crippen LogP contribution < -0.4 is 10.3 Å². The first-order valence-electron chi connectivity index (χ1n) is 4.98. The highest BCUT2D eigenvalue weighted by molar-refractivity contribution is 5.94. The SMILES string of the molecule is CCOc1cc(C(C)=O)cn(CC)c1=O. The van der Waals surface area contributed by atoms with E-state index in [1.54, 1.807) is 13.1 Å². The fourth-order valence-corrected chi connectivity index (χ4v) is 1.29. The summed E-state index contributed by atoms with van der Waals surface area (Å²) in [4.78, 5) is 22.9. The third kappa shape index (κ3) is 2.46. The van der Waals surface area contributed by atoms with Crippen LogP contribution in [-0.2, 0) is 6.54 Å². The first kappa shape index (κ1) is 11.5. The van der Waals surface area contributed by atoms with E-state index in [2.05, 4.69) is 0 Å². The summed E-state index contributed by atoms with van der Waals surface area (Å²) in [5.74, 6) is 0.171. The van der Waals surface area contributed by atoms with Crippen LogP contribution in [0.4, 0.5) is 0 Å². The Morgan fingerprint density at radius 2 is 2.13 bits per heavy atom. The normalized spacial score (nSPS) is 10.1. The minimum Gasteiger partial charge on any atom is -0.488 e. The predicted molar refractivity (Wildman–Crippen MR) is 57.5 cm³/mol. The number of ether oxygens (including phenoxy) is 1. The molecule has 1 aromatic heterocycles. The van der Waals surface area contributed by atoms with E-state index in [1.807, 2.05) is 6.92 Å². The van der Waals surface area contributed by atoms with E-state index in [9.17, 15) is 9.59 Å². The van der Waals surface area contributed by atoms with Gasteiger partial charge in [0, 0.05) is 18.3 Å². The van der Waals surface area contributed by atoms with E-state index in [0.29, 0.717) is 18.7 Å². The van der Waals surface area contributed by atoms with Gasteiger partial charge in [0.05, 0.1) is 6.61 Å². The maximum Gasteiger partial charge on any atom is 0.292 e. The van der Waals surface area contributed by atoms with E-state index in [1.165, 1.54) is 17.6 Å². The molecule has 0 amide bonds. The average Bonchev–Trinajstić information content (AvgIpc) is 2.21. The Hall–Kier alpha value is -1.58. The molecule has 0 aliphatic carbocycles. The van der Waals surface area contributed by atoms with Crippen LogP contribution in [0.2, 0.25) is 0 Å². The lowest BCUT2D eigenvalue weighted by Crippen LogP contribution is -2.22. The molecule has 0 aliphatic rings. The molecule has 82 valence electrons. The van der Waals surface area contributed by atoms with Crippen LogP contribution in [0.25, 0.3) is 0 Å². The molecule has 0 unspecified atom stereocenters. The first-order valence-corrected chi connectivity index (χ1v) is 4.98. The van der Waals surface area contributed by atoms with Gasteiger partial charge < -0.3 is 9.30 Å². The lowest BCUT2D eigenvalue weighted by molar-refractivity contribution is 0.101. The number of ketones is 1. The number of hydrogen-bond acceptors (Lipinski definition) is 3. The first-order chi connectivity index (χ1) is 7.10. The monoisotopic (exact) mass is 209 g/mol. The lowest BCUT2D eigenvalue weighted by Gasteiger charge is -2.08. The van der Waals surface area contributed by atoms with Crippen LogP contribution >= 0.6 is 0 Å². The zero-order chi connectivity index (χ0) is 11.4. The van der Waals surface area contributed by atoms with Gasteiger partial charge in [-0.1, -0.05) is 0 Å². The lowest BCUT2D eigenvalue weighted by atomic mass is 10.2. The number of pyridine rings is 1. The van der Waals surface area contributed by atoms with Gasteiger partial charge in [-0.05, 0) is 26.8 Å². The third-order valence-electron chi connectivity index (χ3n) is 2.10. The second kappa shape index (κ2) is 4.77. The summed E-state index contributed by atoms with van der Waals surface area (Å²) in [6.45, 7) is 6.06. The Morgan fingerprint density at radius 1 is 1.47 bits per heavy atom. The summed E-state index contributed by atoms with van der Waals surface area (Å²) < 4.78 is 6.66. The summed E-state index contributed by atoms with van der Waals surface area (Å²) in [7, 11) is 0. The van der Waals surface area contributed by atoms with Gasteiger partial charge in [-0.3, -0.25) is 9.59 Å². The van der Waals surface area contributed by atoms with Crippen molar-refractivity contribution in [1.29, 1.82) is 0 Å². The van der Waals surface area contributed by atoms with E-state index in [-0.39, 0.29) is 17.1 Å². The molecule has 0 aliphatic heterocycles. The highest BCUT2D eigenvalue weighted by Gasteiger charge is 2.09. The smallest absolute Gasteiger partial charge is 0.292 e. The second-order valence-corrected chi connectivity index (χ2v) is 3.17. The Labute approximate surface area is 88.5 Å². The summed E-state index contributed by atoms with van der Waals surface area (Å²) in [6.07, 6.45) is 1.56. The number of nitrogens with zero attached hydrogens (tertiary/aromatic N) is 1. The molecule has 4 heteroatoms. The average molecular weight is 209 g/mol. The van der Waals surface area contributed by atoms with Crippen molar-refractivity contribution >= 4 is 5.78 Å². The van der Waals surface area contributed by atoms with Crippen LogP contribution in [0.15, 0.2) is 17.1 Å². The zero-order valence-corrected chi connectivity index (χ0v) is 9.24. The van der Waals surface area contributed by atoms with Gasteiger partial charge in [0.2, 0.25) is 0 Å². The molecule has 0 radical (unpaired) electrons. The van der Waals surface area contributed by atoms with Crippen molar-refractivity contribution in [3.63, 3.8) is 0 Å². The van der Waals surface area contributed by atoms with Gasteiger partial charge in [0.25, 0.3) is 5.56 Å². The Morgan fingerprint density at radius 3 is 2.60 bits per heavy atom. The summed E-state index contributed by atoms with van der Waals surface area (Å²) in [6, 6.07) is 1.50. The Bertz CT molecular complexity index is 420. The molecule has 4 nitrogen and oxygen atoms in total. The van der Waals surface area contributed by atoms with Crippen LogP contribution in [0.3, 0.4) is 0 Å². The molecule has 0 N–H and O–H groups in total. The Balaban J connectivity index is 3.31. The van der Waals surface area contributed by atoms with Crippen molar-refractivity contribution < 1.29 is 9.53 Å². The van der Waals surface area contributed by atoms with Crippen LogP contribution in [0.1, 0.15) is 31.1 Å². The number of Topliss-reactive ketones (excluding diaryl/α,β-unsaturated/α-hetero) is 1. The van der Waals surface area contributed by atoms with Crippen molar-refractivity contribution in [1.82, 2.24) is 4.57 Å². The molecule has 0 spiro atoms. The highest BCUT2D eigenvalue weighted by Crippen LogP contribution is 2.08. The predicted octanol–water partition coefficient (Wildman–Crippen LogP) is 1.47. The summed E-state index contributed by atoms with van der Waals surface area (Å²) in [5.41, 5.74) is 0.309. The molecule has 1 heterocycles. The number of aryl methyl sites for hydroxylation is 1. The van der Waals surface area contributed by atoms with Crippen LogP contribution in [0, 0.1) is 0 Å². The van der Waals surface area contributed by atoms with Crippen molar-refractivity contribution in [3.05, 3.63) is 28.2 Å². The molecule has 1 aromatic rings. The van der Waals surface area contributed by atoms with Crippen LogP contribution in [-0.4, -0.2) is 17.0 Å². The van der Waals surface area contributed by atoms with Crippen molar-refractivity contribution in [3.8, 4) is 5.75 Å². The summed E-state index contributed by atoms with van der Waals surface area (Å²) in [5, 5.41) is 0. The number of hydrogen-bond donors (Lipinski definition) is 0. The van der Waals surface area contributed by atoms with E-state index >= 15 is 0 Å². The van der Waals surface area contributed by atoms with Crippen molar-refractivity contribution in [2.24, 2.45) is 0 Å². The van der Waals surface area contributed by atoms with Gasteiger partial charge >= 0.3 is 0 Å². The van der Waals surface area contributed by atoms with Gasteiger partial charge in [0.15, 0.2) is 11.5 Å². The fourth-order valence-electron chi connectivity index (χ4n) is 1.29. The molecule has 0 bridgehead atoms. The number of rotatable bonds is 4. The van der Waals surface area contributed by atoms with Crippen molar-refractivity contribution in [2.75, 3.05) is 6.61 Å². The molecular formula is C11H15NO3. The van der Waals surface area contributed by atoms with Gasteiger partial charge in [-0.15, -0.1) is 0 Å². The maximum atomic E-state index is 11.7. The van der Waals surface area contributed by atoms with E-state index in [0.717, 1.165) is 0 Å². The molecule has 0 fully saturated rings. The van der Waals surface area contributed by atoms with Gasteiger partial charge in [-0.25, -0.2) is 0 Å². The largest absolute Gasteiger partial charge is 0.488 e. The van der Waals surface area contributed by atoms with E-state index < -0.39 is 0 Å². The second-order valence-electron chi connectivity index (χ2n) is 3.17. The summed E-state index contributed by atoms with van der Waals surface area (Å²) >= 11 is 0. The molecular weight excluding hydrogens is 194 g/mol. The minimum atomic E-state index is -0.190.